The van der Waals surface area contributed by atoms with Crippen molar-refractivity contribution in [1.82, 2.24) is 0 Å². The molecule has 0 aliphatic rings. The van der Waals surface area contributed by atoms with Crippen LogP contribution in [0.3, 0.4) is 0 Å². The molecule has 0 spiro atoms. The number of hydrogen-bond acceptors (Lipinski definition) is 0. The van der Waals surface area contributed by atoms with Gasteiger partial charge in [0.1, 0.15) is 0 Å². The van der Waals surface area contributed by atoms with E-state index in [1.807, 2.05) is 31.2 Å². The first-order valence-corrected chi connectivity index (χ1v) is 6.93. The van der Waals surface area contributed by atoms with Gasteiger partial charge in [0.2, 0.25) is 0 Å². The van der Waals surface area contributed by atoms with E-state index < -0.39 is 0 Å². The zero-order valence-electron chi connectivity index (χ0n) is 9.50. The molecular formula is C15H12Br2. The van der Waals surface area contributed by atoms with E-state index in [0.29, 0.717) is 0 Å². The fourth-order valence-corrected chi connectivity index (χ4v) is 3.07. The van der Waals surface area contributed by atoms with E-state index in [-0.39, 0.29) is 0 Å². The minimum absolute atomic E-state index is 1.01. The van der Waals surface area contributed by atoms with E-state index in [1.54, 1.807) is 0 Å². The second-order valence-electron chi connectivity index (χ2n) is 3.76. The fourth-order valence-electron chi connectivity index (χ4n) is 1.79. The molecule has 0 N–H and O–H groups in total. The van der Waals surface area contributed by atoms with Crippen LogP contribution in [0.25, 0.3) is 23.4 Å². The lowest BCUT2D eigenvalue weighted by Gasteiger charge is -2.05. The molecule has 0 nitrogen and oxygen atoms in total. The SMILES string of the molecule is C=c1c(Br)c2ccccc2c(Br)/c1=C/C=C\C. The van der Waals surface area contributed by atoms with Crippen molar-refractivity contribution < 1.29 is 0 Å². The zero-order valence-corrected chi connectivity index (χ0v) is 12.7. The molecule has 2 aromatic carbocycles. The van der Waals surface area contributed by atoms with Crippen LogP contribution in [0.4, 0.5) is 0 Å². The molecule has 0 aliphatic carbocycles. The van der Waals surface area contributed by atoms with Crippen LogP contribution < -0.4 is 10.4 Å². The summed E-state index contributed by atoms with van der Waals surface area (Å²) in [5, 5.41) is 4.51. The van der Waals surface area contributed by atoms with Crippen molar-refractivity contribution >= 4 is 55.3 Å². The number of hydrogen-bond donors (Lipinski definition) is 0. The van der Waals surface area contributed by atoms with Gasteiger partial charge < -0.3 is 0 Å². The Morgan fingerprint density at radius 1 is 1.06 bits per heavy atom. The summed E-state index contributed by atoms with van der Waals surface area (Å²) < 4.78 is 2.16. The molecule has 2 rings (SSSR count). The van der Waals surface area contributed by atoms with Crippen LogP contribution in [0.5, 0.6) is 0 Å². The Hall–Kier alpha value is -0.860. The molecule has 0 unspecified atom stereocenters. The van der Waals surface area contributed by atoms with Crippen LogP contribution in [0.1, 0.15) is 6.92 Å². The highest BCUT2D eigenvalue weighted by Gasteiger charge is 2.05. The summed E-state index contributed by atoms with van der Waals surface area (Å²) >= 11 is 7.30. The molecule has 2 aromatic rings. The predicted molar refractivity (Wildman–Crippen MR) is 83.4 cm³/mol. The number of halogens is 2. The number of fused-ring (bicyclic) bond motifs is 1. The molecule has 0 atom stereocenters. The van der Waals surface area contributed by atoms with Gasteiger partial charge in [-0.1, -0.05) is 49.1 Å². The van der Waals surface area contributed by atoms with Crippen molar-refractivity contribution in [1.29, 1.82) is 0 Å². The smallest absolute Gasteiger partial charge is 0.0332 e. The summed E-state index contributed by atoms with van der Waals surface area (Å²) in [6, 6.07) is 8.28. The Kier molecular flexibility index (Phi) is 3.85. The van der Waals surface area contributed by atoms with Crippen LogP contribution in [0.2, 0.25) is 0 Å². The Morgan fingerprint density at radius 2 is 1.65 bits per heavy atom. The topological polar surface area (TPSA) is 0 Å². The Balaban J connectivity index is 3.02. The van der Waals surface area contributed by atoms with Crippen LogP contribution in [0, 0.1) is 0 Å². The second kappa shape index (κ2) is 5.19. The first-order chi connectivity index (χ1) is 8.16. The summed E-state index contributed by atoms with van der Waals surface area (Å²) in [6.45, 7) is 6.15. The maximum Gasteiger partial charge on any atom is 0.0332 e. The lowest BCUT2D eigenvalue weighted by Crippen LogP contribution is -2.26. The van der Waals surface area contributed by atoms with Gasteiger partial charge in [-0.15, -0.1) is 0 Å². The van der Waals surface area contributed by atoms with E-state index in [0.717, 1.165) is 19.4 Å². The van der Waals surface area contributed by atoms with E-state index in [9.17, 15) is 0 Å². The van der Waals surface area contributed by atoms with Crippen molar-refractivity contribution in [3.8, 4) is 0 Å². The van der Waals surface area contributed by atoms with Gasteiger partial charge >= 0.3 is 0 Å². The summed E-state index contributed by atoms with van der Waals surface area (Å²) in [5.41, 5.74) is 0. The Labute approximate surface area is 118 Å². The normalized spacial score (nSPS) is 12.8. The molecule has 0 bridgehead atoms. The highest BCUT2D eigenvalue weighted by Crippen LogP contribution is 2.24. The average Bonchev–Trinajstić information content (AvgIpc) is 2.36. The van der Waals surface area contributed by atoms with Gasteiger partial charge in [-0.3, -0.25) is 0 Å². The van der Waals surface area contributed by atoms with E-state index in [2.05, 4.69) is 56.6 Å². The quantitative estimate of drug-likeness (QED) is 0.724. The molecule has 2 heteroatoms. The molecular weight excluding hydrogens is 340 g/mol. The maximum atomic E-state index is 4.14. The molecule has 0 heterocycles. The van der Waals surface area contributed by atoms with Gasteiger partial charge in [0.25, 0.3) is 0 Å². The summed E-state index contributed by atoms with van der Waals surface area (Å²) in [7, 11) is 0. The molecule has 0 amide bonds. The summed E-state index contributed by atoms with van der Waals surface area (Å²) in [4.78, 5) is 0. The second-order valence-corrected chi connectivity index (χ2v) is 5.34. The van der Waals surface area contributed by atoms with Crippen molar-refractivity contribution in [2.24, 2.45) is 0 Å². The first-order valence-electron chi connectivity index (χ1n) is 5.34. The van der Waals surface area contributed by atoms with Crippen LogP contribution >= 0.6 is 31.9 Å². The molecule has 86 valence electrons. The van der Waals surface area contributed by atoms with Crippen molar-refractivity contribution in [2.45, 2.75) is 6.92 Å². The number of benzene rings is 2. The number of allylic oxidation sites excluding steroid dienone is 2. The zero-order chi connectivity index (χ0) is 12.4. The maximum absolute atomic E-state index is 4.14. The monoisotopic (exact) mass is 350 g/mol. The molecule has 0 saturated carbocycles. The van der Waals surface area contributed by atoms with Gasteiger partial charge in [-0.2, -0.15) is 0 Å². The standard InChI is InChI=1S/C15H12Br2/c1-3-4-7-11-10(2)14(16)12-8-5-6-9-13(12)15(11)17/h3-9H,2H2,1H3/b4-3-,11-7+. The third-order valence-electron chi connectivity index (χ3n) is 2.68. The summed E-state index contributed by atoms with van der Waals surface area (Å²) in [6.07, 6.45) is 6.11. The Morgan fingerprint density at radius 3 is 2.24 bits per heavy atom. The van der Waals surface area contributed by atoms with E-state index >= 15 is 0 Å². The molecule has 0 radical (unpaired) electrons. The largest absolute Gasteiger partial charge is 0.0900 e. The van der Waals surface area contributed by atoms with Gasteiger partial charge in [0, 0.05) is 8.95 Å². The molecule has 17 heavy (non-hydrogen) atoms. The first kappa shape index (κ1) is 12.6. The molecule has 0 aromatic heterocycles. The summed E-state index contributed by atoms with van der Waals surface area (Å²) in [5.74, 6) is 0. The van der Waals surface area contributed by atoms with Gasteiger partial charge in [0.15, 0.2) is 0 Å². The van der Waals surface area contributed by atoms with Crippen LogP contribution in [-0.2, 0) is 0 Å². The minimum atomic E-state index is 1.01. The molecule has 0 aliphatic heterocycles. The highest BCUT2D eigenvalue weighted by molar-refractivity contribution is 9.11. The lowest BCUT2D eigenvalue weighted by molar-refractivity contribution is 1.50. The van der Waals surface area contributed by atoms with Crippen LogP contribution in [0.15, 0.2) is 45.4 Å². The highest BCUT2D eigenvalue weighted by atomic mass is 79.9. The predicted octanol–water partition coefficient (Wildman–Crippen LogP) is 4.13. The third kappa shape index (κ3) is 2.24. The molecule has 0 saturated heterocycles. The average molecular weight is 352 g/mol. The van der Waals surface area contributed by atoms with Crippen molar-refractivity contribution in [3.63, 3.8) is 0 Å². The van der Waals surface area contributed by atoms with E-state index in [1.165, 1.54) is 10.8 Å². The Bertz CT molecular complexity index is 697. The third-order valence-corrected chi connectivity index (χ3v) is 4.44. The van der Waals surface area contributed by atoms with Crippen LogP contribution in [-0.4, -0.2) is 0 Å². The molecule has 0 fully saturated rings. The minimum Gasteiger partial charge on any atom is -0.0900 e. The lowest BCUT2D eigenvalue weighted by atomic mass is 10.1. The van der Waals surface area contributed by atoms with Crippen molar-refractivity contribution in [3.05, 3.63) is 55.8 Å². The van der Waals surface area contributed by atoms with Gasteiger partial charge in [-0.25, -0.2) is 0 Å². The fraction of sp³-hybridized carbons (Fsp3) is 0.0667. The van der Waals surface area contributed by atoms with Gasteiger partial charge in [-0.05, 0) is 60.0 Å². The van der Waals surface area contributed by atoms with E-state index in [4.69, 9.17) is 0 Å². The van der Waals surface area contributed by atoms with Gasteiger partial charge in [0.05, 0.1) is 0 Å². The number of rotatable bonds is 1. The van der Waals surface area contributed by atoms with Crippen molar-refractivity contribution in [2.75, 3.05) is 0 Å².